The SMILES string of the molecule is NC1CCCc2cnc(C3CCCCS3)n21. The zero-order valence-electron chi connectivity index (χ0n) is 9.56. The summed E-state index contributed by atoms with van der Waals surface area (Å²) in [5, 5.41) is 0.589. The maximum absolute atomic E-state index is 6.21. The number of hydrogen-bond donors (Lipinski definition) is 1. The van der Waals surface area contributed by atoms with Crippen LogP contribution >= 0.6 is 11.8 Å². The standard InChI is InChI=1S/C12H19N3S/c13-11-6-3-4-9-8-14-12(15(9)11)10-5-1-2-7-16-10/h8,10-11H,1-7,13H2. The number of fused-ring (bicyclic) bond motifs is 1. The molecule has 2 atom stereocenters. The summed E-state index contributed by atoms with van der Waals surface area (Å²) in [6.45, 7) is 0. The molecule has 2 unspecified atom stereocenters. The van der Waals surface area contributed by atoms with Crippen LogP contribution in [0.5, 0.6) is 0 Å². The predicted molar refractivity (Wildman–Crippen MR) is 67.4 cm³/mol. The van der Waals surface area contributed by atoms with Crippen LogP contribution in [0.25, 0.3) is 0 Å². The molecule has 0 aliphatic carbocycles. The van der Waals surface area contributed by atoms with Crippen molar-refractivity contribution in [1.29, 1.82) is 0 Å². The average molecular weight is 237 g/mol. The third kappa shape index (κ3) is 1.78. The molecule has 1 fully saturated rings. The van der Waals surface area contributed by atoms with E-state index in [-0.39, 0.29) is 6.17 Å². The molecule has 0 aromatic carbocycles. The highest BCUT2D eigenvalue weighted by Crippen LogP contribution is 2.39. The summed E-state index contributed by atoms with van der Waals surface area (Å²) in [5.41, 5.74) is 7.56. The van der Waals surface area contributed by atoms with Gasteiger partial charge in [0.2, 0.25) is 0 Å². The molecule has 2 N–H and O–H groups in total. The number of hydrogen-bond acceptors (Lipinski definition) is 3. The molecule has 2 aliphatic rings. The maximum Gasteiger partial charge on any atom is 0.123 e. The van der Waals surface area contributed by atoms with Crippen molar-refractivity contribution in [3.63, 3.8) is 0 Å². The van der Waals surface area contributed by atoms with Crippen LogP contribution in [0.1, 0.15) is 55.0 Å². The molecular formula is C12H19N3S. The van der Waals surface area contributed by atoms with Gasteiger partial charge in [-0.15, -0.1) is 0 Å². The molecule has 1 aromatic heterocycles. The van der Waals surface area contributed by atoms with Crippen molar-refractivity contribution in [3.05, 3.63) is 17.7 Å². The lowest BCUT2D eigenvalue weighted by atomic mass is 10.1. The average Bonchev–Trinajstić information content (AvgIpc) is 2.75. The van der Waals surface area contributed by atoms with Crippen LogP contribution in [0.4, 0.5) is 0 Å². The van der Waals surface area contributed by atoms with Gasteiger partial charge < -0.3 is 10.3 Å². The van der Waals surface area contributed by atoms with Gasteiger partial charge in [-0.25, -0.2) is 4.98 Å². The number of imidazole rings is 1. The highest BCUT2D eigenvalue weighted by Gasteiger charge is 2.26. The van der Waals surface area contributed by atoms with Crippen LogP contribution in [0.15, 0.2) is 6.20 Å². The summed E-state index contributed by atoms with van der Waals surface area (Å²) < 4.78 is 2.31. The molecule has 88 valence electrons. The molecule has 0 bridgehead atoms. The Hall–Kier alpha value is -0.480. The Bertz CT molecular complexity index is 368. The first kappa shape index (κ1) is 10.7. The van der Waals surface area contributed by atoms with Crippen LogP contribution in [0, 0.1) is 0 Å². The van der Waals surface area contributed by atoms with Gasteiger partial charge in [0.15, 0.2) is 0 Å². The van der Waals surface area contributed by atoms with E-state index < -0.39 is 0 Å². The van der Waals surface area contributed by atoms with Crippen LogP contribution < -0.4 is 5.73 Å². The summed E-state index contributed by atoms with van der Waals surface area (Å²) in [4.78, 5) is 4.63. The van der Waals surface area contributed by atoms with Gasteiger partial charge in [-0.3, -0.25) is 0 Å². The second-order valence-corrected chi connectivity index (χ2v) is 6.10. The maximum atomic E-state index is 6.21. The third-order valence-electron chi connectivity index (χ3n) is 3.63. The van der Waals surface area contributed by atoms with Crippen LogP contribution in [0.2, 0.25) is 0 Å². The summed E-state index contributed by atoms with van der Waals surface area (Å²) in [6.07, 6.45) is 9.66. The van der Waals surface area contributed by atoms with Crippen molar-refractivity contribution in [1.82, 2.24) is 9.55 Å². The zero-order chi connectivity index (χ0) is 11.0. The first-order valence-electron chi connectivity index (χ1n) is 6.29. The van der Waals surface area contributed by atoms with Gasteiger partial charge >= 0.3 is 0 Å². The van der Waals surface area contributed by atoms with Crippen molar-refractivity contribution < 1.29 is 0 Å². The number of aryl methyl sites for hydroxylation is 1. The Kier molecular flexibility index (Phi) is 2.94. The quantitative estimate of drug-likeness (QED) is 0.816. The molecule has 0 amide bonds. The molecule has 0 spiro atoms. The van der Waals surface area contributed by atoms with Gasteiger partial charge in [-0.05, 0) is 37.9 Å². The fraction of sp³-hybridized carbons (Fsp3) is 0.750. The second kappa shape index (κ2) is 4.41. The van der Waals surface area contributed by atoms with E-state index in [0.29, 0.717) is 5.25 Å². The van der Waals surface area contributed by atoms with Gasteiger partial charge in [0.25, 0.3) is 0 Å². The minimum absolute atomic E-state index is 0.170. The van der Waals surface area contributed by atoms with Crippen molar-refractivity contribution in [2.45, 2.75) is 49.9 Å². The molecule has 1 aromatic rings. The molecule has 3 heterocycles. The van der Waals surface area contributed by atoms with Crippen molar-refractivity contribution in [3.8, 4) is 0 Å². The van der Waals surface area contributed by atoms with Crippen LogP contribution in [0.3, 0.4) is 0 Å². The van der Waals surface area contributed by atoms with Gasteiger partial charge in [-0.1, -0.05) is 6.42 Å². The Morgan fingerprint density at radius 2 is 2.25 bits per heavy atom. The highest BCUT2D eigenvalue weighted by atomic mass is 32.2. The summed E-state index contributed by atoms with van der Waals surface area (Å²) in [5.74, 6) is 2.52. The Balaban J connectivity index is 1.91. The molecular weight excluding hydrogens is 218 g/mol. The van der Waals surface area contributed by atoms with Crippen molar-refractivity contribution >= 4 is 11.8 Å². The van der Waals surface area contributed by atoms with E-state index in [9.17, 15) is 0 Å². The molecule has 4 heteroatoms. The topological polar surface area (TPSA) is 43.8 Å². The molecule has 0 radical (unpaired) electrons. The van der Waals surface area contributed by atoms with Crippen LogP contribution in [-0.4, -0.2) is 15.3 Å². The lowest BCUT2D eigenvalue weighted by molar-refractivity contribution is 0.397. The largest absolute Gasteiger partial charge is 0.315 e. The fourth-order valence-corrected chi connectivity index (χ4v) is 4.10. The Morgan fingerprint density at radius 3 is 3.06 bits per heavy atom. The Morgan fingerprint density at radius 1 is 1.31 bits per heavy atom. The minimum atomic E-state index is 0.170. The van der Waals surface area contributed by atoms with E-state index in [4.69, 9.17) is 5.73 Å². The zero-order valence-corrected chi connectivity index (χ0v) is 10.4. The van der Waals surface area contributed by atoms with E-state index >= 15 is 0 Å². The van der Waals surface area contributed by atoms with Gasteiger partial charge in [-0.2, -0.15) is 11.8 Å². The number of nitrogens with zero attached hydrogens (tertiary/aromatic N) is 2. The molecule has 3 nitrogen and oxygen atoms in total. The van der Waals surface area contributed by atoms with E-state index in [1.54, 1.807) is 0 Å². The molecule has 1 saturated heterocycles. The normalized spacial score (nSPS) is 30.1. The summed E-state index contributed by atoms with van der Waals surface area (Å²) >= 11 is 2.06. The van der Waals surface area contributed by atoms with E-state index in [1.165, 1.54) is 43.0 Å². The van der Waals surface area contributed by atoms with Gasteiger partial charge in [0.1, 0.15) is 5.82 Å². The lowest BCUT2D eigenvalue weighted by Gasteiger charge is -2.28. The monoisotopic (exact) mass is 237 g/mol. The van der Waals surface area contributed by atoms with Crippen LogP contribution in [-0.2, 0) is 6.42 Å². The van der Waals surface area contributed by atoms with Crippen molar-refractivity contribution in [2.24, 2.45) is 5.73 Å². The minimum Gasteiger partial charge on any atom is -0.315 e. The fourth-order valence-electron chi connectivity index (χ4n) is 2.78. The summed E-state index contributed by atoms with van der Waals surface area (Å²) in [7, 11) is 0. The molecule has 3 rings (SSSR count). The molecule has 2 aliphatic heterocycles. The van der Waals surface area contributed by atoms with Gasteiger partial charge in [0.05, 0.1) is 11.4 Å². The smallest absolute Gasteiger partial charge is 0.123 e. The number of nitrogens with two attached hydrogens (primary N) is 1. The summed E-state index contributed by atoms with van der Waals surface area (Å²) in [6, 6.07) is 0. The first-order chi connectivity index (χ1) is 7.86. The predicted octanol–water partition coefficient (Wildman–Crippen LogP) is 2.63. The lowest BCUT2D eigenvalue weighted by Crippen LogP contribution is -2.27. The van der Waals surface area contributed by atoms with Gasteiger partial charge in [0, 0.05) is 11.9 Å². The van der Waals surface area contributed by atoms with E-state index in [1.807, 2.05) is 6.20 Å². The molecule has 16 heavy (non-hydrogen) atoms. The van der Waals surface area contributed by atoms with Crippen molar-refractivity contribution in [2.75, 3.05) is 5.75 Å². The van der Waals surface area contributed by atoms with E-state index in [2.05, 4.69) is 21.3 Å². The third-order valence-corrected chi connectivity index (χ3v) is 5.01. The first-order valence-corrected chi connectivity index (χ1v) is 7.34. The number of rotatable bonds is 1. The molecule has 0 saturated carbocycles. The highest BCUT2D eigenvalue weighted by molar-refractivity contribution is 7.99. The van der Waals surface area contributed by atoms with E-state index in [0.717, 1.165) is 12.8 Å². The number of aromatic nitrogens is 2. The number of thioether (sulfide) groups is 1. The second-order valence-electron chi connectivity index (χ2n) is 4.79. The Labute approximate surface area is 101 Å².